The Balaban J connectivity index is 1.49. The van der Waals surface area contributed by atoms with E-state index in [0.29, 0.717) is 44.4 Å². The van der Waals surface area contributed by atoms with E-state index in [0.717, 1.165) is 15.4 Å². The number of rotatable bonds is 8. The fourth-order valence-electron chi connectivity index (χ4n) is 4.10. The number of hydrogen-bond donors (Lipinski definition) is 2. The molecule has 0 spiro atoms. The van der Waals surface area contributed by atoms with Gasteiger partial charge in [-0.2, -0.15) is 4.31 Å². The number of anilines is 1. The summed E-state index contributed by atoms with van der Waals surface area (Å²) < 4.78 is 28.3. The van der Waals surface area contributed by atoms with Crippen LogP contribution in [0.2, 0.25) is 0 Å². The van der Waals surface area contributed by atoms with Crippen LogP contribution in [0, 0.1) is 5.92 Å². The third-order valence-electron chi connectivity index (χ3n) is 6.06. The van der Waals surface area contributed by atoms with Crippen LogP contribution in [0.4, 0.5) is 5.82 Å². The molecule has 0 radical (unpaired) electrons. The molecule has 0 bridgehead atoms. The van der Waals surface area contributed by atoms with E-state index in [1.54, 1.807) is 24.3 Å². The van der Waals surface area contributed by atoms with Gasteiger partial charge in [0.25, 0.3) is 0 Å². The van der Waals surface area contributed by atoms with Gasteiger partial charge in [-0.05, 0) is 42.3 Å². The lowest BCUT2D eigenvalue weighted by atomic mass is 10.0. The molecule has 1 fully saturated rings. The zero-order chi connectivity index (χ0) is 25.2. The molecule has 1 aliphatic rings. The first-order valence-corrected chi connectivity index (χ1v) is 13.7. The second-order valence-corrected chi connectivity index (χ2v) is 11.8. The van der Waals surface area contributed by atoms with Crippen LogP contribution in [0.25, 0.3) is 10.9 Å². The number of carbonyl (C=O) groups is 1. The number of piperazine rings is 1. The van der Waals surface area contributed by atoms with E-state index in [9.17, 15) is 13.2 Å². The third kappa shape index (κ3) is 5.80. The molecule has 11 heteroatoms. The Hall–Kier alpha value is -2.60. The summed E-state index contributed by atoms with van der Waals surface area (Å²) >= 11 is 3.34. The molecule has 2 aromatic carbocycles. The molecule has 1 amide bonds. The quantitative estimate of drug-likeness (QED) is 0.434. The summed E-state index contributed by atoms with van der Waals surface area (Å²) in [5, 5.41) is 4.03. The van der Waals surface area contributed by atoms with E-state index < -0.39 is 22.0 Å². The summed E-state index contributed by atoms with van der Waals surface area (Å²) in [5.41, 5.74) is 6.37. The highest BCUT2D eigenvalue weighted by molar-refractivity contribution is 9.10. The minimum atomic E-state index is -3.54. The molecule has 0 unspecified atom stereocenters. The van der Waals surface area contributed by atoms with E-state index in [2.05, 4.69) is 26.1 Å². The summed E-state index contributed by atoms with van der Waals surface area (Å²) in [7, 11) is -3.54. The van der Waals surface area contributed by atoms with Gasteiger partial charge in [-0.25, -0.2) is 18.4 Å². The molecule has 0 saturated carbocycles. The Morgan fingerprint density at radius 2 is 1.71 bits per heavy atom. The van der Waals surface area contributed by atoms with Crippen LogP contribution in [0.3, 0.4) is 0 Å². The molecule has 0 aliphatic carbocycles. The van der Waals surface area contributed by atoms with E-state index in [1.807, 2.05) is 38.1 Å². The number of hydrogen-bond acceptors (Lipinski definition) is 7. The minimum Gasteiger partial charge on any atom is -0.368 e. The number of nitrogens with zero attached hydrogens (tertiary/aromatic N) is 4. The first-order valence-electron chi connectivity index (χ1n) is 11.4. The maximum absolute atomic E-state index is 13.0. The fraction of sp³-hybridized carbons (Fsp3) is 0.375. The molecule has 2 heterocycles. The van der Waals surface area contributed by atoms with Crippen molar-refractivity contribution >= 4 is 48.6 Å². The van der Waals surface area contributed by atoms with Crippen molar-refractivity contribution in [2.24, 2.45) is 11.7 Å². The number of sulfonamides is 1. The maximum Gasteiger partial charge on any atom is 0.243 e. The second kappa shape index (κ2) is 10.6. The van der Waals surface area contributed by atoms with Crippen LogP contribution in [0.5, 0.6) is 0 Å². The van der Waals surface area contributed by atoms with E-state index in [-0.39, 0.29) is 10.8 Å². The second-order valence-electron chi connectivity index (χ2n) is 8.91. The SMILES string of the molecule is CC(C)[C@H](Nc1nc(CN2CCN(S(=O)(=O)c3ccc(Br)cc3)CC2)nc2ccccc12)C(N)=O. The van der Waals surface area contributed by atoms with Gasteiger partial charge in [0.05, 0.1) is 17.0 Å². The van der Waals surface area contributed by atoms with Crippen molar-refractivity contribution in [3.8, 4) is 0 Å². The van der Waals surface area contributed by atoms with Crippen molar-refractivity contribution in [3.63, 3.8) is 0 Å². The average molecular weight is 562 g/mol. The van der Waals surface area contributed by atoms with Crippen molar-refractivity contribution in [1.29, 1.82) is 0 Å². The summed E-state index contributed by atoms with van der Waals surface area (Å²) in [5.74, 6) is 0.722. The van der Waals surface area contributed by atoms with Crippen molar-refractivity contribution in [2.45, 2.75) is 31.3 Å². The van der Waals surface area contributed by atoms with Crippen LogP contribution in [0.15, 0.2) is 57.9 Å². The zero-order valence-electron chi connectivity index (χ0n) is 19.7. The maximum atomic E-state index is 13.0. The van der Waals surface area contributed by atoms with Crippen molar-refractivity contribution < 1.29 is 13.2 Å². The highest BCUT2D eigenvalue weighted by Crippen LogP contribution is 2.24. The number of amides is 1. The topological polar surface area (TPSA) is 122 Å². The normalized spacial score (nSPS) is 16.5. The Morgan fingerprint density at radius 1 is 1.06 bits per heavy atom. The lowest BCUT2D eigenvalue weighted by Gasteiger charge is -2.33. The lowest BCUT2D eigenvalue weighted by Crippen LogP contribution is -2.48. The molecule has 3 aromatic rings. The van der Waals surface area contributed by atoms with Gasteiger partial charge in [-0.3, -0.25) is 9.69 Å². The molecule has 3 N–H and O–H groups in total. The predicted molar refractivity (Wildman–Crippen MR) is 139 cm³/mol. The van der Waals surface area contributed by atoms with Gasteiger partial charge in [0.15, 0.2) is 0 Å². The standard InChI is InChI=1S/C24H29BrN6O3S/c1-16(2)22(23(26)32)29-24-19-5-3-4-6-20(19)27-21(28-24)15-30-11-13-31(14-12-30)35(33,34)18-9-7-17(25)8-10-18/h3-10,16,22H,11-15H2,1-2H3,(H2,26,32)(H,27,28,29)/t22-/m0/s1. The number of benzene rings is 2. The number of nitrogens with one attached hydrogen (secondary N) is 1. The fourth-order valence-corrected chi connectivity index (χ4v) is 5.79. The molecule has 1 aromatic heterocycles. The number of nitrogens with two attached hydrogens (primary N) is 1. The first kappa shape index (κ1) is 25.5. The van der Waals surface area contributed by atoms with Gasteiger partial charge < -0.3 is 11.1 Å². The summed E-state index contributed by atoms with van der Waals surface area (Å²) in [4.78, 5) is 23.8. The van der Waals surface area contributed by atoms with Gasteiger partial charge in [-0.1, -0.05) is 41.9 Å². The number of primary amides is 1. The Labute approximate surface area is 213 Å². The van der Waals surface area contributed by atoms with Crippen molar-refractivity contribution in [2.75, 3.05) is 31.5 Å². The largest absolute Gasteiger partial charge is 0.368 e. The molecule has 1 aliphatic heterocycles. The lowest BCUT2D eigenvalue weighted by molar-refractivity contribution is -0.119. The van der Waals surface area contributed by atoms with Crippen LogP contribution in [-0.4, -0.2) is 65.7 Å². The van der Waals surface area contributed by atoms with Crippen LogP contribution >= 0.6 is 15.9 Å². The number of carbonyl (C=O) groups excluding carboxylic acids is 1. The minimum absolute atomic E-state index is 0.00886. The van der Waals surface area contributed by atoms with Crippen LogP contribution in [0.1, 0.15) is 19.7 Å². The summed E-state index contributed by atoms with van der Waals surface area (Å²) in [6.45, 7) is 6.20. The van der Waals surface area contributed by atoms with Gasteiger partial charge in [0, 0.05) is 36.0 Å². The van der Waals surface area contributed by atoms with Crippen molar-refractivity contribution in [1.82, 2.24) is 19.2 Å². The highest BCUT2D eigenvalue weighted by Gasteiger charge is 2.29. The smallest absolute Gasteiger partial charge is 0.243 e. The molecular formula is C24H29BrN6O3S. The summed E-state index contributed by atoms with van der Waals surface area (Å²) in [6.07, 6.45) is 0. The summed E-state index contributed by atoms with van der Waals surface area (Å²) in [6, 6.07) is 13.7. The number of fused-ring (bicyclic) bond motifs is 1. The zero-order valence-corrected chi connectivity index (χ0v) is 22.1. The van der Waals surface area contributed by atoms with Gasteiger partial charge in [0.2, 0.25) is 15.9 Å². The van der Waals surface area contributed by atoms with Crippen LogP contribution in [-0.2, 0) is 21.4 Å². The average Bonchev–Trinajstić information content (AvgIpc) is 2.82. The molecule has 1 atom stereocenters. The molecule has 4 rings (SSSR count). The highest BCUT2D eigenvalue weighted by atomic mass is 79.9. The van der Waals surface area contributed by atoms with Gasteiger partial charge in [0.1, 0.15) is 17.7 Å². The Morgan fingerprint density at radius 3 is 2.34 bits per heavy atom. The number of halogens is 1. The number of para-hydroxylation sites is 1. The molecule has 186 valence electrons. The van der Waals surface area contributed by atoms with Gasteiger partial charge >= 0.3 is 0 Å². The van der Waals surface area contributed by atoms with Crippen LogP contribution < -0.4 is 11.1 Å². The van der Waals surface area contributed by atoms with E-state index in [4.69, 9.17) is 15.7 Å². The Kier molecular flexibility index (Phi) is 7.70. The van der Waals surface area contributed by atoms with Crippen molar-refractivity contribution in [3.05, 3.63) is 58.8 Å². The van der Waals surface area contributed by atoms with E-state index in [1.165, 1.54) is 4.31 Å². The Bertz CT molecular complexity index is 1310. The van der Waals surface area contributed by atoms with Gasteiger partial charge in [-0.15, -0.1) is 0 Å². The molecule has 9 nitrogen and oxygen atoms in total. The predicted octanol–water partition coefficient (Wildman–Crippen LogP) is 2.82. The molecular weight excluding hydrogens is 532 g/mol. The molecule has 1 saturated heterocycles. The monoisotopic (exact) mass is 560 g/mol. The number of aromatic nitrogens is 2. The molecule has 35 heavy (non-hydrogen) atoms. The van der Waals surface area contributed by atoms with E-state index >= 15 is 0 Å². The third-order valence-corrected chi connectivity index (χ3v) is 8.50. The first-order chi connectivity index (χ1) is 16.6.